The molecule has 0 saturated carbocycles. The Morgan fingerprint density at radius 2 is 2.11 bits per heavy atom. The lowest BCUT2D eigenvalue weighted by molar-refractivity contribution is 0.577. The SMILES string of the molecule is Fc1ccc(F)c(Sc2nc(Br)cn3ccnc23)c1. The summed E-state index contributed by atoms with van der Waals surface area (Å²) >= 11 is 4.31. The van der Waals surface area contributed by atoms with Gasteiger partial charge in [-0.2, -0.15) is 0 Å². The van der Waals surface area contributed by atoms with E-state index in [9.17, 15) is 8.78 Å². The summed E-state index contributed by atoms with van der Waals surface area (Å²) in [6, 6.07) is 3.32. The zero-order valence-electron chi connectivity index (χ0n) is 9.35. The number of hydrogen-bond acceptors (Lipinski definition) is 3. The van der Waals surface area contributed by atoms with Gasteiger partial charge in [-0.3, -0.25) is 0 Å². The van der Waals surface area contributed by atoms with Crippen molar-refractivity contribution in [2.24, 2.45) is 0 Å². The molecule has 2 aromatic heterocycles. The Labute approximate surface area is 119 Å². The van der Waals surface area contributed by atoms with Crippen molar-refractivity contribution in [2.45, 2.75) is 9.92 Å². The summed E-state index contributed by atoms with van der Waals surface area (Å²) in [5, 5.41) is 0.504. The van der Waals surface area contributed by atoms with E-state index in [0.717, 1.165) is 30.0 Å². The lowest BCUT2D eigenvalue weighted by Crippen LogP contribution is -1.92. The first-order chi connectivity index (χ1) is 9.13. The molecule has 96 valence electrons. The van der Waals surface area contributed by atoms with Crippen LogP contribution in [0.5, 0.6) is 0 Å². The fourth-order valence-corrected chi connectivity index (χ4v) is 3.06. The van der Waals surface area contributed by atoms with Crippen LogP contribution in [0.3, 0.4) is 0 Å². The lowest BCUT2D eigenvalue weighted by atomic mass is 10.3. The van der Waals surface area contributed by atoms with Crippen molar-refractivity contribution in [2.75, 3.05) is 0 Å². The molecule has 2 heterocycles. The van der Waals surface area contributed by atoms with Crippen molar-refractivity contribution >= 4 is 33.3 Å². The maximum atomic E-state index is 13.6. The highest BCUT2D eigenvalue weighted by molar-refractivity contribution is 9.10. The first kappa shape index (κ1) is 12.6. The minimum Gasteiger partial charge on any atom is -0.302 e. The van der Waals surface area contributed by atoms with Crippen LogP contribution >= 0.6 is 27.7 Å². The van der Waals surface area contributed by atoms with Crippen LogP contribution in [0, 0.1) is 11.6 Å². The Hall–Kier alpha value is -1.47. The average Bonchev–Trinajstić information content (AvgIpc) is 2.82. The van der Waals surface area contributed by atoms with Crippen LogP contribution in [0.1, 0.15) is 0 Å². The fraction of sp³-hybridized carbons (Fsp3) is 0. The molecule has 3 rings (SSSR count). The zero-order valence-corrected chi connectivity index (χ0v) is 11.8. The van der Waals surface area contributed by atoms with E-state index in [-0.39, 0.29) is 4.90 Å². The molecule has 0 atom stereocenters. The molecule has 0 spiro atoms. The van der Waals surface area contributed by atoms with Crippen molar-refractivity contribution in [1.29, 1.82) is 0 Å². The molecule has 0 aliphatic carbocycles. The summed E-state index contributed by atoms with van der Waals surface area (Å²) in [5.41, 5.74) is 0.594. The standard InChI is InChI=1S/C12H6BrF2N3S/c13-10-6-18-4-3-16-11(18)12(17-10)19-9-5-7(14)1-2-8(9)15/h1-6H. The molecule has 7 heteroatoms. The number of benzene rings is 1. The Morgan fingerprint density at radius 1 is 1.26 bits per heavy atom. The van der Waals surface area contributed by atoms with Gasteiger partial charge < -0.3 is 4.40 Å². The molecular weight excluding hydrogens is 336 g/mol. The van der Waals surface area contributed by atoms with Crippen molar-refractivity contribution in [3.63, 3.8) is 0 Å². The molecule has 0 unspecified atom stereocenters. The maximum absolute atomic E-state index is 13.6. The number of fused-ring (bicyclic) bond motifs is 1. The minimum absolute atomic E-state index is 0.176. The van der Waals surface area contributed by atoms with E-state index in [1.165, 1.54) is 0 Å². The normalized spacial score (nSPS) is 11.1. The molecule has 0 N–H and O–H groups in total. The number of imidazole rings is 1. The van der Waals surface area contributed by atoms with E-state index in [1.807, 2.05) is 0 Å². The molecule has 0 amide bonds. The number of rotatable bonds is 2. The largest absolute Gasteiger partial charge is 0.302 e. The van der Waals surface area contributed by atoms with Gasteiger partial charge in [-0.15, -0.1) is 0 Å². The summed E-state index contributed by atoms with van der Waals surface area (Å²) in [7, 11) is 0. The second-order valence-corrected chi connectivity index (χ2v) is 5.55. The molecule has 0 saturated heterocycles. The highest BCUT2D eigenvalue weighted by atomic mass is 79.9. The topological polar surface area (TPSA) is 30.2 Å². The van der Waals surface area contributed by atoms with Gasteiger partial charge in [0.15, 0.2) is 5.65 Å². The van der Waals surface area contributed by atoms with Crippen LogP contribution in [-0.4, -0.2) is 14.4 Å². The van der Waals surface area contributed by atoms with Gasteiger partial charge in [-0.1, -0.05) is 11.8 Å². The Kier molecular flexibility index (Phi) is 3.24. The summed E-state index contributed by atoms with van der Waals surface area (Å²) < 4.78 is 29.1. The first-order valence-corrected chi connectivity index (χ1v) is 6.86. The van der Waals surface area contributed by atoms with Gasteiger partial charge >= 0.3 is 0 Å². The van der Waals surface area contributed by atoms with Crippen molar-refractivity contribution in [3.05, 3.63) is 53.0 Å². The maximum Gasteiger partial charge on any atom is 0.170 e. The minimum atomic E-state index is -0.488. The highest BCUT2D eigenvalue weighted by Crippen LogP contribution is 2.32. The highest BCUT2D eigenvalue weighted by Gasteiger charge is 2.12. The van der Waals surface area contributed by atoms with E-state index in [1.54, 1.807) is 23.0 Å². The van der Waals surface area contributed by atoms with Gasteiger partial charge in [-0.25, -0.2) is 18.7 Å². The Bertz CT molecular complexity index is 760. The fourth-order valence-electron chi connectivity index (χ4n) is 1.60. The molecule has 0 bridgehead atoms. The smallest absolute Gasteiger partial charge is 0.170 e. The van der Waals surface area contributed by atoms with E-state index >= 15 is 0 Å². The summed E-state index contributed by atoms with van der Waals surface area (Å²) in [4.78, 5) is 8.57. The van der Waals surface area contributed by atoms with Crippen molar-refractivity contribution < 1.29 is 8.78 Å². The van der Waals surface area contributed by atoms with Gasteiger partial charge in [0.25, 0.3) is 0 Å². The van der Waals surface area contributed by atoms with Gasteiger partial charge in [0.05, 0.1) is 4.90 Å². The molecule has 0 aliphatic heterocycles. The predicted molar refractivity (Wildman–Crippen MR) is 71.2 cm³/mol. The second kappa shape index (κ2) is 4.90. The van der Waals surface area contributed by atoms with Gasteiger partial charge in [0.2, 0.25) is 0 Å². The third-order valence-corrected chi connectivity index (χ3v) is 3.80. The van der Waals surface area contributed by atoms with Crippen LogP contribution in [0.15, 0.2) is 51.3 Å². The van der Waals surface area contributed by atoms with Gasteiger partial charge in [0.1, 0.15) is 21.3 Å². The Morgan fingerprint density at radius 3 is 2.95 bits per heavy atom. The van der Waals surface area contributed by atoms with E-state index in [2.05, 4.69) is 25.9 Å². The molecule has 0 aliphatic rings. The summed E-state index contributed by atoms with van der Waals surface area (Å²) in [6.07, 6.45) is 5.12. The van der Waals surface area contributed by atoms with Crippen molar-refractivity contribution in [3.8, 4) is 0 Å². The first-order valence-electron chi connectivity index (χ1n) is 5.25. The molecule has 1 aromatic carbocycles. The second-order valence-electron chi connectivity index (χ2n) is 3.70. The molecule has 0 radical (unpaired) electrons. The number of hydrogen-bond donors (Lipinski definition) is 0. The van der Waals surface area contributed by atoms with Gasteiger partial charge in [-0.05, 0) is 34.1 Å². The van der Waals surface area contributed by atoms with E-state index < -0.39 is 11.6 Å². The third kappa shape index (κ3) is 2.48. The van der Waals surface area contributed by atoms with Crippen LogP contribution < -0.4 is 0 Å². The number of halogens is 3. The lowest BCUT2D eigenvalue weighted by Gasteiger charge is -2.05. The molecule has 3 nitrogen and oxygen atoms in total. The zero-order chi connectivity index (χ0) is 13.4. The number of aromatic nitrogens is 3. The quantitative estimate of drug-likeness (QED) is 0.707. The van der Waals surface area contributed by atoms with Crippen LogP contribution in [0.2, 0.25) is 0 Å². The molecule has 0 fully saturated rings. The monoisotopic (exact) mass is 341 g/mol. The molecule has 3 aromatic rings. The van der Waals surface area contributed by atoms with Crippen LogP contribution in [0.4, 0.5) is 8.78 Å². The van der Waals surface area contributed by atoms with Crippen LogP contribution in [0.25, 0.3) is 5.65 Å². The Balaban J connectivity index is 2.10. The predicted octanol–water partition coefficient (Wildman–Crippen LogP) is 3.92. The molecule has 19 heavy (non-hydrogen) atoms. The van der Waals surface area contributed by atoms with E-state index in [4.69, 9.17) is 0 Å². The van der Waals surface area contributed by atoms with Crippen molar-refractivity contribution in [1.82, 2.24) is 14.4 Å². The summed E-state index contributed by atoms with van der Waals surface area (Å²) in [5.74, 6) is -0.976. The van der Waals surface area contributed by atoms with Crippen LogP contribution in [-0.2, 0) is 0 Å². The molecular formula is C12H6BrF2N3S. The van der Waals surface area contributed by atoms with Gasteiger partial charge in [0, 0.05) is 18.6 Å². The summed E-state index contributed by atoms with van der Waals surface area (Å²) in [6.45, 7) is 0. The number of nitrogens with zero attached hydrogens (tertiary/aromatic N) is 3. The average molecular weight is 342 g/mol. The third-order valence-electron chi connectivity index (χ3n) is 2.41. The van der Waals surface area contributed by atoms with E-state index in [0.29, 0.717) is 15.3 Å².